The molecule has 0 unspecified atom stereocenters. The van der Waals surface area contributed by atoms with Crippen LogP contribution in [-0.2, 0) is 9.53 Å². The fourth-order valence-electron chi connectivity index (χ4n) is 2.80. The molecule has 0 fully saturated rings. The van der Waals surface area contributed by atoms with Gasteiger partial charge in [0.25, 0.3) is 5.91 Å². The standard InChI is InChI=1S/C21H18FN3O5/c1-12(2)18-10-15(14-5-3-4-6-17(14)24-18)21(27)30-11-20(26)23-13-7-8-16(22)19(9-13)25(28)29/h3-10,12H,11H2,1-2H3,(H,23,26). The van der Waals surface area contributed by atoms with E-state index in [1.165, 1.54) is 6.07 Å². The highest BCUT2D eigenvalue weighted by molar-refractivity contribution is 6.04. The molecule has 8 nitrogen and oxygen atoms in total. The number of amides is 1. The zero-order valence-corrected chi connectivity index (χ0v) is 16.2. The van der Waals surface area contributed by atoms with Gasteiger partial charge in [0.1, 0.15) is 0 Å². The molecule has 1 heterocycles. The number of para-hydroxylation sites is 1. The molecule has 1 amide bonds. The molecular formula is C21H18FN3O5. The van der Waals surface area contributed by atoms with Crippen LogP contribution < -0.4 is 5.32 Å². The summed E-state index contributed by atoms with van der Waals surface area (Å²) >= 11 is 0. The van der Waals surface area contributed by atoms with Crippen molar-refractivity contribution in [1.82, 2.24) is 4.98 Å². The van der Waals surface area contributed by atoms with Crippen molar-refractivity contribution < 1.29 is 23.6 Å². The Bertz CT molecular complexity index is 1150. The van der Waals surface area contributed by atoms with Crippen LogP contribution in [0, 0.1) is 15.9 Å². The van der Waals surface area contributed by atoms with Gasteiger partial charge < -0.3 is 10.1 Å². The molecule has 0 aliphatic heterocycles. The van der Waals surface area contributed by atoms with Crippen LogP contribution in [0.15, 0.2) is 48.5 Å². The van der Waals surface area contributed by atoms with E-state index in [4.69, 9.17) is 4.74 Å². The first kappa shape index (κ1) is 20.8. The number of ether oxygens (including phenoxy) is 1. The largest absolute Gasteiger partial charge is 0.452 e. The summed E-state index contributed by atoms with van der Waals surface area (Å²) in [7, 11) is 0. The van der Waals surface area contributed by atoms with E-state index in [0.717, 1.165) is 12.1 Å². The van der Waals surface area contributed by atoms with Crippen LogP contribution in [0.4, 0.5) is 15.8 Å². The first-order valence-electron chi connectivity index (χ1n) is 9.07. The van der Waals surface area contributed by atoms with Crippen LogP contribution in [0.2, 0.25) is 0 Å². The summed E-state index contributed by atoms with van der Waals surface area (Å²) in [6, 6.07) is 11.7. The Morgan fingerprint density at radius 2 is 1.93 bits per heavy atom. The number of rotatable bonds is 6. The molecule has 0 aliphatic carbocycles. The fourth-order valence-corrected chi connectivity index (χ4v) is 2.80. The molecule has 3 aromatic rings. The molecule has 0 spiro atoms. The van der Waals surface area contributed by atoms with Crippen molar-refractivity contribution >= 4 is 34.2 Å². The van der Waals surface area contributed by atoms with E-state index in [1.54, 1.807) is 24.3 Å². The molecule has 1 N–H and O–H groups in total. The van der Waals surface area contributed by atoms with Gasteiger partial charge in [0, 0.05) is 22.8 Å². The van der Waals surface area contributed by atoms with E-state index in [0.29, 0.717) is 16.6 Å². The zero-order valence-electron chi connectivity index (χ0n) is 16.2. The summed E-state index contributed by atoms with van der Waals surface area (Å²) in [6.07, 6.45) is 0. The van der Waals surface area contributed by atoms with Gasteiger partial charge in [-0.3, -0.25) is 19.9 Å². The summed E-state index contributed by atoms with van der Waals surface area (Å²) < 4.78 is 18.5. The third-order valence-electron chi connectivity index (χ3n) is 4.31. The smallest absolute Gasteiger partial charge is 0.339 e. The van der Waals surface area contributed by atoms with Crippen molar-refractivity contribution in [3.8, 4) is 0 Å². The maximum absolute atomic E-state index is 13.4. The third-order valence-corrected chi connectivity index (χ3v) is 4.31. The minimum Gasteiger partial charge on any atom is -0.452 e. The Hall–Kier alpha value is -3.88. The van der Waals surface area contributed by atoms with E-state index < -0.39 is 34.9 Å². The van der Waals surface area contributed by atoms with Gasteiger partial charge in [0.15, 0.2) is 6.61 Å². The minimum atomic E-state index is -1.02. The number of carbonyl (C=O) groups is 2. The van der Waals surface area contributed by atoms with Crippen LogP contribution >= 0.6 is 0 Å². The maximum atomic E-state index is 13.4. The Morgan fingerprint density at radius 1 is 1.20 bits per heavy atom. The lowest BCUT2D eigenvalue weighted by molar-refractivity contribution is -0.387. The number of benzene rings is 2. The van der Waals surface area contributed by atoms with Crippen molar-refractivity contribution in [3.63, 3.8) is 0 Å². The van der Waals surface area contributed by atoms with Crippen LogP contribution in [0.25, 0.3) is 10.9 Å². The number of nitro groups is 1. The molecule has 0 saturated carbocycles. The third kappa shape index (κ3) is 4.57. The highest BCUT2D eigenvalue weighted by Gasteiger charge is 2.18. The first-order valence-corrected chi connectivity index (χ1v) is 9.07. The van der Waals surface area contributed by atoms with Crippen LogP contribution in [0.3, 0.4) is 0 Å². The second-order valence-corrected chi connectivity index (χ2v) is 6.81. The number of aromatic nitrogens is 1. The molecule has 0 aliphatic rings. The Balaban J connectivity index is 1.74. The van der Waals surface area contributed by atoms with E-state index in [1.807, 2.05) is 19.9 Å². The van der Waals surface area contributed by atoms with E-state index in [9.17, 15) is 24.1 Å². The second kappa shape index (κ2) is 8.64. The van der Waals surface area contributed by atoms with Crippen molar-refractivity contribution in [3.05, 3.63) is 75.7 Å². The topological polar surface area (TPSA) is 111 Å². The van der Waals surface area contributed by atoms with Crippen molar-refractivity contribution in [2.75, 3.05) is 11.9 Å². The van der Waals surface area contributed by atoms with Gasteiger partial charge in [-0.15, -0.1) is 0 Å². The Labute approximate surface area is 170 Å². The molecular weight excluding hydrogens is 393 g/mol. The average Bonchev–Trinajstić information content (AvgIpc) is 2.72. The molecule has 1 aromatic heterocycles. The minimum absolute atomic E-state index is 0.0144. The molecule has 0 radical (unpaired) electrons. The van der Waals surface area contributed by atoms with Gasteiger partial charge in [-0.2, -0.15) is 4.39 Å². The van der Waals surface area contributed by atoms with Gasteiger partial charge in [-0.1, -0.05) is 32.0 Å². The van der Waals surface area contributed by atoms with Crippen LogP contribution in [0.1, 0.15) is 35.8 Å². The predicted molar refractivity (Wildman–Crippen MR) is 108 cm³/mol. The summed E-state index contributed by atoms with van der Waals surface area (Å²) in [6.45, 7) is 3.28. The zero-order chi connectivity index (χ0) is 21.8. The first-order chi connectivity index (χ1) is 14.3. The summed E-state index contributed by atoms with van der Waals surface area (Å²) in [5.41, 5.74) is 0.881. The number of halogens is 1. The highest BCUT2D eigenvalue weighted by Crippen LogP contribution is 2.24. The monoisotopic (exact) mass is 411 g/mol. The number of pyridine rings is 1. The van der Waals surface area contributed by atoms with Gasteiger partial charge in [0.2, 0.25) is 5.82 Å². The molecule has 30 heavy (non-hydrogen) atoms. The van der Waals surface area contributed by atoms with Crippen molar-refractivity contribution in [2.45, 2.75) is 19.8 Å². The lowest BCUT2D eigenvalue weighted by atomic mass is 10.0. The maximum Gasteiger partial charge on any atom is 0.339 e. The number of nitro benzene ring substituents is 1. The van der Waals surface area contributed by atoms with Crippen LogP contribution in [-0.4, -0.2) is 28.4 Å². The van der Waals surface area contributed by atoms with Gasteiger partial charge >= 0.3 is 11.7 Å². The predicted octanol–water partition coefficient (Wildman–Crippen LogP) is 4.20. The number of anilines is 1. The molecule has 154 valence electrons. The lowest BCUT2D eigenvalue weighted by Gasteiger charge is -2.11. The van der Waals surface area contributed by atoms with E-state index in [2.05, 4.69) is 10.3 Å². The molecule has 2 aromatic carbocycles. The molecule has 9 heteroatoms. The van der Waals surface area contributed by atoms with Gasteiger partial charge in [0.05, 0.1) is 16.0 Å². The number of nitrogens with one attached hydrogen (secondary N) is 1. The van der Waals surface area contributed by atoms with Crippen molar-refractivity contribution in [1.29, 1.82) is 0 Å². The van der Waals surface area contributed by atoms with E-state index in [-0.39, 0.29) is 17.2 Å². The SMILES string of the molecule is CC(C)c1cc(C(=O)OCC(=O)Nc2ccc(F)c([N+](=O)[O-])c2)c2ccccc2n1. The number of nitrogens with zero attached hydrogens (tertiary/aromatic N) is 2. The molecule has 3 rings (SSSR count). The highest BCUT2D eigenvalue weighted by atomic mass is 19.1. The van der Waals surface area contributed by atoms with Crippen LogP contribution in [0.5, 0.6) is 0 Å². The lowest BCUT2D eigenvalue weighted by Crippen LogP contribution is -2.21. The summed E-state index contributed by atoms with van der Waals surface area (Å²) in [5.74, 6) is -2.35. The number of carbonyl (C=O) groups excluding carboxylic acids is 2. The molecule has 0 bridgehead atoms. The fraction of sp³-hybridized carbons (Fsp3) is 0.190. The Kier molecular flexibility index (Phi) is 6.01. The average molecular weight is 411 g/mol. The summed E-state index contributed by atoms with van der Waals surface area (Å²) in [5, 5.41) is 13.7. The number of hydrogen-bond donors (Lipinski definition) is 1. The van der Waals surface area contributed by atoms with Gasteiger partial charge in [-0.25, -0.2) is 4.79 Å². The number of fused-ring (bicyclic) bond motifs is 1. The second-order valence-electron chi connectivity index (χ2n) is 6.81. The quantitative estimate of drug-likeness (QED) is 0.370. The normalized spacial score (nSPS) is 10.8. The van der Waals surface area contributed by atoms with Crippen molar-refractivity contribution in [2.24, 2.45) is 0 Å². The summed E-state index contributed by atoms with van der Waals surface area (Å²) in [4.78, 5) is 39.1. The Morgan fingerprint density at radius 3 is 2.63 bits per heavy atom. The molecule has 0 atom stereocenters. The van der Waals surface area contributed by atoms with E-state index >= 15 is 0 Å². The number of hydrogen-bond acceptors (Lipinski definition) is 6. The van der Waals surface area contributed by atoms with Gasteiger partial charge in [-0.05, 0) is 30.2 Å². The molecule has 0 saturated heterocycles. The number of esters is 1.